The van der Waals surface area contributed by atoms with Crippen LogP contribution in [0.3, 0.4) is 0 Å². The van der Waals surface area contributed by atoms with Crippen LogP contribution in [0.2, 0.25) is 0 Å². The maximum Gasteiger partial charge on any atom is 0.236 e. The van der Waals surface area contributed by atoms with Crippen molar-refractivity contribution >= 4 is 11.8 Å². The highest BCUT2D eigenvalue weighted by molar-refractivity contribution is 5.79. The van der Waals surface area contributed by atoms with E-state index < -0.39 is 12.2 Å². The smallest absolute Gasteiger partial charge is 0.236 e. The maximum atomic E-state index is 12.5. The average Bonchev–Trinajstić information content (AvgIpc) is 2.97. The van der Waals surface area contributed by atoms with Gasteiger partial charge in [0.25, 0.3) is 0 Å². The van der Waals surface area contributed by atoms with Crippen LogP contribution < -0.4 is 10.5 Å². The molecule has 1 aromatic carbocycles. The fourth-order valence-electron chi connectivity index (χ4n) is 3.42. The molecule has 2 atom stereocenters. The predicted octanol–water partition coefficient (Wildman–Crippen LogP) is -0.166. The molecule has 2 saturated heterocycles. The Morgan fingerprint density at radius 2 is 1.84 bits per heavy atom. The molecule has 3 rings (SSSR count). The fraction of sp³-hybridized carbons (Fsp3) is 0.556. The van der Waals surface area contributed by atoms with Gasteiger partial charge >= 0.3 is 0 Å². The second-order valence-corrected chi connectivity index (χ2v) is 6.79. The summed E-state index contributed by atoms with van der Waals surface area (Å²) in [6.07, 6.45) is 0.298. The first-order valence-corrected chi connectivity index (χ1v) is 8.72. The van der Waals surface area contributed by atoms with Crippen molar-refractivity contribution in [2.45, 2.75) is 25.0 Å². The Balaban J connectivity index is 1.48. The highest BCUT2D eigenvalue weighted by atomic mass is 16.5. The van der Waals surface area contributed by atoms with Crippen LogP contribution in [0.15, 0.2) is 30.3 Å². The molecule has 0 aromatic heterocycles. The van der Waals surface area contributed by atoms with Gasteiger partial charge in [0.2, 0.25) is 11.8 Å². The number of benzene rings is 1. The topological polar surface area (TPSA) is 96.1 Å². The third kappa shape index (κ3) is 4.49. The van der Waals surface area contributed by atoms with E-state index in [1.54, 1.807) is 4.90 Å². The van der Waals surface area contributed by atoms with E-state index in [4.69, 9.17) is 10.5 Å². The third-order valence-electron chi connectivity index (χ3n) is 4.97. The van der Waals surface area contributed by atoms with Crippen molar-refractivity contribution in [1.82, 2.24) is 9.80 Å². The lowest BCUT2D eigenvalue weighted by Gasteiger charge is -2.31. The zero-order valence-electron chi connectivity index (χ0n) is 14.2. The number of hydrogen-bond acceptors (Lipinski definition) is 5. The molecule has 25 heavy (non-hydrogen) atoms. The Hall–Kier alpha value is -2.12. The largest absolute Gasteiger partial charge is 0.486 e. The molecule has 2 aliphatic heterocycles. The number of carbonyl (C=O) groups excluding carboxylic acids is 2. The number of rotatable bonds is 5. The first kappa shape index (κ1) is 17.7. The molecule has 3 N–H and O–H groups in total. The number of nitrogens with zero attached hydrogens (tertiary/aromatic N) is 2. The lowest BCUT2D eigenvalue weighted by molar-refractivity contribution is -0.132. The minimum absolute atomic E-state index is 0.0178. The maximum absolute atomic E-state index is 12.5. The molecular weight excluding hydrogens is 322 g/mol. The number of carbonyl (C=O) groups is 2. The minimum atomic E-state index is -0.690. The van der Waals surface area contributed by atoms with Crippen LogP contribution in [0, 0.1) is 5.92 Å². The zero-order chi connectivity index (χ0) is 17.8. The summed E-state index contributed by atoms with van der Waals surface area (Å²) < 4.78 is 5.79. The number of aliphatic hydroxyl groups is 1. The molecule has 0 spiro atoms. The Kier molecular flexibility index (Phi) is 5.55. The number of amides is 2. The highest BCUT2D eigenvalue weighted by Crippen LogP contribution is 2.20. The average molecular weight is 347 g/mol. The van der Waals surface area contributed by atoms with Gasteiger partial charge < -0.3 is 20.5 Å². The monoisotopic (exact) mass is 347 g/mol. The molecule has 0 aliphatic carbocycles. The molecule has 1 aromatic rings. The SMILES string of the molecule is NC(=O)C1CCN(CC(=O)N2C[C@@H](O)[C@H](Oc3ccccc3)C2)CC1. The highest BCUT2D eigenvalue weighted by Gasteiger charge is 2.36. The summed E-state index contributed by atoms with van der Waals surface area (Å²) >= 11 is 0. The molecule has 7 nitrogen and oxygen atoms in total. The summed E-state index contributed by atoms with van der Waals surface area (Å²) in [4.78, 5) is 27.4. The molecule has 0 bridgehead atoms. The number of likely N-dealkylation sites (tertiary alicyclic amines) is 2. The van der Waals surface area contributed by atoms with Gasteiger partial charge in [-0.25, -0.2) is 0 Å². The molecule has 136 valence electrons. The summed E-state index contributed by atoms with van der Waals surface area (Å²) in [5.41, 5.74) is 5.33. The Bertz CT molecular complexity index is 602. The molecule has 0 radical (unpaired) electrons. The van der Waals surface area contributed by atoms with Crippen LogP contribution in [0.4, 0.5) is 0 Å². The molecule has 2 aliphatic rings. The summed E-state index contributed by atoms with van der Waals surface area (Å²) in [6.45, 7) is 2.36. The van der Waals surface area contributed by atoms with Gasteiger partial charge in [-0.15, -0.1) is 0 Å². The Morgan fingerprint density at radius 1 is 1.16 bits per heavy atom. The normalized spacial score (nSPS) is 25.1. The van der Waals surface area contributed by atoms with Gasteiger partial charge in [0, 0.05) is 5.92 Å². The van der Waals surface area contributed by atoms with Crippen LogP contribution in [-0.4, -0.2) is 71.7 Å². The van der Waals surface area contributed by atoms with E-state index in [1.807, 2.05) is 35.2 Å². The van der Waals surface area contributed by atoms with E-state index >= 15 is 0 Å². The lowest BCUT2D eigenvalue weighted by atomic mass is 9.96. The number of para-hydroxylation sites is 1. The van der Waals surface area contributed by atoms with Crippen molar-refractivity contribution in [3.63, 3.8) is 0 Å². The molecule has 2 fully saturated rings. The van der Waals surface area contributed by atoms with Crippen molar-refractivity contribution in [2.75, 3.05) is 32.7 Å². The molecule has 2 heterocycles. The minimum Gasteiger partial charge on any atom is -0.486 e. The molecular formula is C18H25N3O4. The quantitative estimate of drug-likeness (QED) is 0.771. The number of β-amino-alcohol motifs (C(OH)–C–C–N with tert-alkyl or cyclic N) is 1. The Morgan fingerprint density at radius 3 is 2.48 bits per heavy atom. The van der Waals surface area contributed by atoms with Crippen LogP contribution in [-0.2, 0) is 9.59 Å². The van der Waals surface area contributed by atoms with Gasteiger partial charge in [-0.2, -0.15) is 0 Å². The predicted molar refractivity (Wildman–Crippen MR) is 91.8 cm³/mol. The van der Waals surface area contributed by atoms with Crippen LogP contribution in [0.1, 0.15) is 12.8 Å². The molecule has 0 unspecified atom stereocenters. The summed E-state index contributed by atoms with van der Waals surface area (Å²) in [7, 11) is 0. The number of piperidine rings is 1. The first-order valence-electron chi connectivity index (χ1n) is 8.72. The number of hydrogen-bond donors (Lipinski definition) is 2. The number of aliphatic hydroxyl groups excluding tert-OH is 1. The van der Waals surface area contributed by atoms with Crippen molar-refractivity contribution in [3.05, 3.63) is 30.3 Å². The molecule has 2 amide bonds. The number of primary amides is 1. The van der Waals surface area contributed by atoms with Crippen molar-refractivity contribution in [1.29, 1.82) is 0 Å². The van der Waals surface area contributed by atoms with Crippen molar-refractivity contribution in [2.24, 2.45) is 11.7 Å². The lowest BCUT2D eigenvalue weighted by Crippen LogP contribution is -2.44. The Labute approximate surface area is 147 Å². The van der Waals surface area contributed by atoms with Gasteiger partial charge in [-0.05, 0) is 38.1 Å². The van der Waals surface area contributed by atoms with Crippen molar-refractivity contribution in [3.8, 4) is 5.75 Å². The molecule has 0 saturated carbocycles. The zero-order valence-corrected chi connectivity index (χ0v) is 14.2. The van der Waals surface area contributed by atoms with Crippen LogP contribution in [0.5, 0.6) is 5.75 Å². The van der Waals surface area contributed by atoms with Gasteiger partial charge in [0.1, 0.15) is 18.0 Å². The van der Waals surface area contributed by atoms with Gasteiger partial charge in [-0.3, -0.25) is 14.5 Å². The van der Waals surface area contributed by atoms with E-state index in [9.17, 15) is 14.7 Å². The van der Waals surface area contributed by atoms with E-state index in [-0.39, 0.29) is 24.3 Å². The van der Waals surface area contributed by atoms with Gasteiger partial charge in [-0.1, -0.05) is 18.2 Å². The number of nitrogens with two attached hydrogens (primary N) is 1. The van der Waals surface area contributed by atoms with Crippen LogP contribution in [0.25, 0.3) is 0 Å². The second-order valence-electron chi connectivity index (χ2n) is 6.79. The summed E-state index contributed by atoms with van der Waals surface area (Å²) in [5, 5.41) is 10.2. The summed E-state index contributed by atoms with van der Waals surface area (Å²) in [5.74, 6) is 0.336. The van der Waals surface area contributed by atoms with Crippen LogP contribution >= 0.6 is 0 Å². The van der Waals surface area contributed by atoms with E-state index in [2.05, 4.69) is 0 Å². The summed E-state index contributed by atoms with van der Waals surface area (Å²) in [6, 6.07) is 9.31. The first-order chi connectivity index (χ1) is 12.0. The van der Waals surface area contributed by atoms with E-state index in [0.717, 1.165) is 0 Å². The third-order valence-corrected chi connectivity index (χ3v) is 4.97. The van der Waals surface area contributed by atoms with E-state index in [1.165, 1.54) is 0 Å². The standard InChI is InChI=1S/C18H25N3O4/c19-18(24)13-6-8-20(9-7-13)12-17(23)21-10-15(22)16(11-21)25-14-4-2-1-3-5-14/h1-5,13,15-16,22H,6-12H2,(H2,19,24)/t15-,16-/m1/s1. The van der Waals surface area contributed by atoms with Gasteiger partial charge in [0.15, 0.2) is 0 Å². The van der Waals surface area contributed by atoms with Crippen molar-refractivity contribution < 1.29 is 19.4 Å². The fourth-order valence-corrected chi connectivity index (χ4v) is 3.42. The molecule has 7 heteroatoms. The van der Waals surface area contributed by atoms with E-state index in [0.29, 0.717) is 44.8 Å². The van der Waals surface area contributed by atoms with Gasteiger partial charge in [0.05, 0.1) is 19.6 Å². The number of ether oxygens (including phenoxy) is 1. The second kappa shape index (κ2) is 7.84.